The lowest BCUT2D eigenvalue weighted by Crippen LogP contribution is -2.26. The van der Waals surface area contributed by atoms with Crippen molar-refractivity contribution in [2.24, 2.45) is 0 Å². The van der Waals surface area contributed by atoms with Crippen molar-refractivity contribution >= 4 is 5.91 Å². The van der Waals surface area contributed by atoms with Gasteiger partial charge in [-0.1, -0.05) is 12.8 Å². The topological polar surface area (TPSA) is 50.4 Å². The highest BCUT2D eigenvalue weighted by atomic mass is 16.5. The maximum absolute atomic E-state index is 11.4. The maximum atomic E-state index is 11.4. The quantitative estimate of drug-likeness (QED) is 0.602. The minimum absolute atomic E-state index is 0.154. The molecule has 0 aromatic heterocycles. The largest absolute Gasteiger partial charge is 0.378 e. The molecule has 1 aliphatic carbocycles. The van der Waals surface area contributed by atoms with Crippen LogP contribution < -0.4 is 10.6 Å². The second-order valence-electron chi connectivity index (χ2n) is 4.69. The first-order valence-electron chi connectivity index (χ1n) is 6.86. The normalized spacial score (nSPS) is 16.3. The van der Waals surface area contributed by atoms with Gasteiger partial charge in [0.25, 0.3) is 0 Å². The van der Waals surface area contributed by atoms with Gasteiger partial charge in [-0.15, -0.1) is 0 Å². The summed E-state index contributed by atoms with van der Waals surface area (Å²) >= 11 is 0. The number of nitrogens with one attached hydrogen (secondary N) is 2. The first kappa shape index (κ1) is 14.5. The van der Waals surface area contributed by atoms with Gasteiger partial charge in [0.05, 0.1) is 6.10 Å². The highest BCUT2D eigenvalue weighted by Gasteiger charge is 2.14. The van der Waals surface area contributed by atoms with E-state index in [4.69, 9.17) is 4.74 Å². The second-order valence-corrected chi connectivity index (χ2v) is 4.69. The van der Waals surface area contributed by atoms with Gasteiger partial charge in [-0.3, -0.25) is 4.79 Å². The molecule has 1 aliphatic rings. The van der Waals surface area contributed by atoms with Crippen LogP contribution in [0.1, 0.15) is 44.9 Å². The van der Waals surface area contributed by atoms with E-state index in [2.05, 4.69) is 10.6 Å². The predicted octanol–water partition coefficient (Wildman–Crippen LogP) is 1.45. The lowest BCUT2D eigenvalue weighted by Gasteiger charge is -2.11. The fourth-order valence-electron chi connectivity index (χ4n) is 2.12. The molecule has 0 aliphatic heterocycles. The van der Waals surface area contributed by atoms with E-state index in [-0.39, 0.29) is 5.91 Å². The van der Waals surface area contributed by atoms with E-state index in [9.17, 15) is 4.79 Å². The molecule has 0 aromatic carbocycles. The van der Waals surface area contributed by atoms with Crippen molar-refractivity contribution < 1.29 is 9.53 Å². The molecule has 1 saturated carbocycles. The van der Waals surface area contributed by atoms with Crippen LogP contribution in [0.25, 0.3) is 0 Å². The van der Waals surface area contributed by atoms with Gasteiger partial charge in [0.1, 0.15) is 0 Å². The standard InChI is InChI=1S/C13H26N2O2/c1-14-9-4-8-13(16)15-10-5-11-17-12-6-2-3-7-12/h12,14H,2-11H2,1H3,(H,15,16). The Morgan fingerprint density at radius 2 is 2.00 bits per heavy atom. The summed E-state index contributed by atoms with van der Waals surface area (Å²) in [5, 5.41) is 5.95. The monoisotopic (exact) mass is 242 g/mol. The van der Waals surface area contributed by atoms with E-state index in [1.165, 1.54) is 25.7 Å². The van der Waals surface area contributed by atoms with E-state index in [0.717, 1.165) is 32.5 Å². The third-order valence-corrected chi connectivity index (χ3v) is 3.13. The summed E-state index contributed by atoms with van der Waals surface area (Å²) in [6, 6.07) is 0. The van der Waals surface area contributed by atoms with Crippen LogP contribution in [0.4, 0.5) is 0 Å². The third kappa shape index (κ3) is 7.34. The minimum Gasteiger partial charge on any atom is -0.378 e. The molecule has 100 valence electrons. The lowest BCUT2D eigenvalue weighted by atomic mass is 10.3. The van der Waals surface area contributed by atoms with Crippen molar-refractivity contribution in [3.05, 3.63) is 0 Å². The minimum atomic E-state index is 0.154. The molecule has 17 heavy (non-hydrogen) atoms. The molecule has 0 atom stereocenters. The summed E-state index contributed by atoms with van der Waals surface area (Å²) in [7, 11) is 1.90. The van der Waals surface area contributed by atoms with Crippen LogP contribution in [0.5, 0.6) is 0 Å². The Bertz CT molecular complexity index is 204. The Hall–Kier alpha value is -0.610. The Morgan fingerprint density at radius 3 is 2.71 bits per heavy atom. The molecule has 1 amide bonds. The molecule has 4 nitrogen and oxygen atoms in total. The maximum Gasteiger partial charge on any atom is 0.220 e. The molecule has 0 spiro atoms. The van der Waals surface area contributed by atoms with E-state index in [0.29, 0.717) is 12.5 Å². The Labute approximate surface area is 104 Å². The predicted molar refractivity (Wildman–Crippen MR) is 69.0 cm³/mol. The molecular formula is C13H26N2O2. The van der Waals surface area contributed by atoms with Crippen LogP contribution >= 0.6 is 0 Å². The zero-order valence-electron chi connectivity index (χ0n) is 11.0. The number of hydrogen-bond acceptors (Lipinski definition) is 3. The number of ether oxygens (including phenoxy) is 1. The summed E-state index contributed by atoms with van der Waals surface area (Å²) in [6.45, 7) is 2.42. The molecular weight excluding hydrogens is 216 g/mol. The van der Waals surface area contributed by atoms with Gasteiger partial charge in [-0.2, -0.15) is 0 Å². The van der Waals surface area contributed by atoms with Crippen LogP contribution in [-0.2, 0) is 9.53 Å². The first-order chi connectivity index (χ1) is 8.33. The molecule has 2 N–H and O–H groups in total. The highest BCUT2D eigenvalue weighted by Crippen LogP contribution is 2.20. The van der Waals surface area contributed by atoms with Gasteiger partial charge >= 0.3 is 0 Å². The summed E-state index contributed by atoms with van der Waals surface area (Å²) in [4.78, 5) is 11.4. The van der Waals surface area contributed by atoms with Gasteiger partial charge in [0.15, 0.2) is 0 Å². The van der Waals surface area contributed by atoms with E-state index >= 15 is 0 Å². The summed E-state index contributed by atoms with van der Waals surface area (Å²) in [5.41, 5.74) is 0. The van der Waals surface area contributed by atoms with Gasteiger partial charge < -0.3 is 15.4 Å². The van der Waals surface area contributed by atoms with Crippen LogP contribution in [-0.4, -0.2) is 38.8 Å². The molecule has 0 saturated heterocycles. The number of carbonyl (C=O) groups excluding carboxylic acids is 1. The van der Waals surface area contributed by atoms with Crippen LogP contribution in [0.2, 0.25) is 0 Å². The highest BCUT2D eigenvalue weighted by molar-refractivity contribution is 5.75. The number of carbonyl (C=O) groups is 1. The summed E-state index contributed by atoms with van der Waals surface area (Å²) < 4.78 is 5.72. The molecule has 0 aromatic rings. The third-order valence-electron chi connectivity index (χ3n) is 3.13. The molecule has 0 heterocycles. The fraction of sp³-hybridized carbons (Fsp3) is 0.923. The molecule has 4 heteroatoms. The van der Waals surface area contributed by atoms with Gasteiger partial charge in [0.2, 0.25) is 5.91 Å². The van der Waals surface area contributed by atoms with Crippen molar-refractivity contribution in [1.29, 1.82) is 0 Å². The number of hydrogen-bond donors (Lipinski definition) is 2. The molecule has 1 fully saturated rings. The van der Waals surface area contributed by atoms with Crippen LogP contribution in [0, 0.1) is 0 Å². The van der Waals surface area contributed by atoms with Crippen molar-refractivity contribution in [3.63, 3.8) is 0 Å². The van der Waals surface area contributed by atoms with E-state index < -0.39 is 0 Å². The smallest absolute Gasteiger partial charge is 0.220 e. The first-order valence-corrected chi connectivity index (χ1v) is 6.86. The number of amides is 1. The zero-order chi connectivity index (χ0) is 12.3. The fourth-order valence-corrected chi connectivity index (χ4v) is 2.12. The number of rotatable bonds is 9. The average molecular weight is 242 g/mol. The zero-order valence-corrected chi connectivity index (χ0v) is 11.0. The van der Waals surface area contributed by atoms with Crippen LogP contribution in [0.15, 0.2) is 0 Å². The lowest BCUT2D eigenvalue weighted by molar-refractivity contribution is -0.121. The Morgan fingerprint density at radius 1 is 1.24 bits per heavy atom. The SMILES string of the molecule is CNCCCC(=O)NCCCOC1CCCC1. The van der Waals surface area contributed by atoms with Gasteiger partial charge in [-0.25, -0.2) is 0 Å². The van der Waals surface area contributed by atoms with Crippen molar-refractivity contribution in [2.75, 3.05) is 26.7 Å². The Kier molecular flexibility index (Phi) is 8.01. The average Bonchev–Trinajstić information content (AvgIpc) is 2.82. The van der Waals surface area contributed by atoms with E-state index in [1.54, 1.807) is 0 Å². The van der Waals surface area contributed by atoms with Gasteiger partial charge in [-0.05, 0) is 39.3 Å². The second kappa shape index (κ2) is 9.42. The van der Waals surface area contributed by atoms with E-state index in [1.807, 2.05) is 7.05 Å². The van der Waals surface area contributed by atoms with Crippen molar-refractivity contribution in [2.45, 2.75) is 51.0 Å². The van der Waals surface area contributed by atoms with Crippen LogP contribution in [0.3, 0.4) is 0 Å². The Balaban J connectivity index is 1.84. The van der Waals surface area contributed by atoms with Gasteiger partial charge in [0, 0.05) is 19.6 Å². The van der Waals surface area contributed by atoms with Crippen molar-refractivity contribution in [3.8, 4) is 0 Å². The van der Waals surface area contributed by atoms with Crippen molar-refractivity contribution in [1.82, 2.24) is 10.6 Å². The molecule has 0 unspecified atom stereocenters. The molecule has 0 radical (unpaired) electrons. The molecule has 0 bridgehead atoms. The summed E-state index contributed by atoms with van der Waals surface area (Å²) in [5.74, 6) is 0.154. The molecule has 1 rings (SSSR count). The summed E-state index contributed by atoms with van der Waals surface area (Å²) in [6.07, 6.45) is 7.99.